The third-order valence-corrected chi connectivity index (χ3v) is 4.65. The highest BCUT2D eigenvalue weighted by Crippen LogP contribution is 2.18. The van der Waals surface area contributed by atoms with Gasteiger partial charge in [0.15, 0.2) is 0 Å². The van der Waals surface area contributed by atoms with E-state index in [1.165, 1.54) is 56.6 Å². The van der Waals surface area contributed by atoms with Crippen LogP contribution in [0, 0.1) is 0 Å². The van der Waals surface area contributed by atoms with Gasteiger partial charge < -0.3 is 4.90 Å². The van der Waals surface area contributed by atoms with Crippen molar-refractivity contribution in [1.29, 1.82) is 0 Å². The first-order valence-corrected chi connectivity index (χ1v) is 9.37. The second kappa shape index (κ2) is 11.4. The van der Waals surface area contributed by atoms with E-state index in [4.69, 9.17) is 0 Å². The molecule has 2 fully saturated rings. The lowest BCUT2D eigenvalue weighted by atomic mass is 10.1. The first-order chi connectivity index (χ1) is 11.2. The summed E-state index contributed by atoms with van der Waals surface area (Å²) in [5.41, 5.74) is 2.57. The molecule has 1 unspecified atom stereocenters. The summed E-state index contributed by atoms with van der Waals surface area (Å²) in [6.45, 7) is 15.2. The molecule has 0 aromatic heterocycles. The first-order valence-electron chi connectivity index (χ1n) is 9.37. The van der Waals surface area contributed by atoms with Gasteiger partial charge >= 0.3 is 0 Å². The molecule has 0 saturated carbocycles. The molecular formula is C21H36N2. The Balaban J connectivity index is 0.000000209. The number of hydrogen-bond acceptors (Lipinski definition) is 2. The van der Waals surface area contributed by atoms with E-state index in [9.17, 15) is 0 Å². The van der Waals surface area contributed by atoms with Crippen LogP contribution < -0.4 is 0 Å². The summed E-state index contributed by atoms with van der Waals surface area (Å²) in [4.78, 5) is 5.12. The monoisotopic (exact) mass is 316 g/mol. The summed E-state index contributed by atoms with van der Waals surface area (Å²) in [6, 6.07) is 9.34. The van der Waals surface area contributed by atoms with Crippen molar-refractivity contribution in [2.75, 3.05) is 33.2 Å². The van der Waals surface area contributed by atoms with Gasteiger partial charge in [0.05, 0.1) is 0 Å². The van der Waals surface area contributed by atoms with E-state index < -0.39 is 0 Å². The lowest BCUT2D eigenvalue weighted by Crippen LogP contribution is -2.34. The van der Waals surface area contributed by atoms with E-state index >= 15 is 0 Å². The van der Waals surface area contributed by atoms with E-state index in [1.54, 1.807) is 0 Å². The minimum absolute atomic E-state index is 0.891. The van der Waals surface area contributed by atoms with Gasteiger partial charge in [0.25, 0.3) is 0 Å². The zero-order valence-corrected chi connectivity index (χ0v) is 15.7. The maximum Gasteiger partial charge on any atom is 0.0235 e. The number of likely N-dealkylation sites (N-methyl/N-ethyl adjacent to an activating group) is 1. The number of benzene rings is 1. The fourth-order valence-electron chi connectivity index (χ4n) is 3.21. The number of rotatable bonds is 3. The summed E-state index contributed by atoms with van der Waals surface area (Å²) in [7, 11) is 2.23. The molecular weight excluding hydrogens is 280 g/mol. The van der Waals surface area contributed by atoms with Crippen LogP contribution in [0.3, 0.4) is 0 Å². The lowest BCUT2D eigenvalue weighted by molar-refractivity contribution is 0.242. The minimum Gasteiger partial charge on any atom is -0.305 e. The van der Waals surface area contributed by atoms with E-state index in [0.29, 0.717) is 0 Å². The molecule has 1 aromatic rings. The third-order valence-electron chi connectivity index (χ3n) is 4.65. The average molecular weight is 317 g/mol. The number of hydrogen-bond donors (Lipinski definition) is 0. The second-order valence-electron chi connectivity index (χ2n) is 6.25. The molecule has 2 heteroatoms. The summed E-state index contributed by atoms with van der Waals surface area (Å²) in [5.74, 6) is 0. The van der Waals surface area contributed by atoms with Crippen molar-refractivity contribution in [3.05, 3.63) is 42.0 Å². The van der Waals surface area contributed by atoms with E-state index in [0.717, 1.165) is 12.5 Å². The van der Waals surface area contributed by atoms with Crippen molar-refractivity contribution in [2.24, 2.45) is 0 Å². The van der Waals surface area contributed by atoms with Gasteiger partial charge in [-0.2, -0.15) is 0 Å². The highest BCUT2D eigenvalue weighted by molar-refractivity contribution is 5.47. The van der Waals surface area contributed by atoms with Gasteiger partial charge in [-0.15, -0.1) is 0 Å². The molecule has 23 heavy (non-hydrogen) atoms. The average Bonchev–Trinajstić information content (AvgIpc) is 3.28. The maximum absolute atomic E-state index is 3.69. The van der Waals surface area contributed by atoms with Crippen LogP contribution in [-0.4, -0.2) is 49.1 Å². The number of aryl methyl sites for hydroxylation is 1. The Morgan fingerprint density at radius 2 is 1.70 bits per heavy atom. The predicted molar refractivity (Wildman–Crippen MR) is 104 cm³/mol. The lowest BCUT2D eigenvalue weighted by Gasteiger charge is -2.22. The molecule has 0 amide bonds. The summed E-state index contributed by atoms with van der Waals surface area (Å²) < 4.78 is 0. The molecule has 3 rings (SSSR count). The van der Waals surface area contributed by atoms with Crippen molar-refractivity contribution in [3.8, 4) is 0 Å². The van der Waals surface area contributed by atoms with Crippen molar-refractivity contribution >= 4 is 6.08 Å². The zero-order valence-electron chi connectivity index (χ0n) is 15.7. The van der Waals surface area contributed by atoms with Crippen LogP contribution in [0.15, 0.2) is 30.8 Å². The van der Waals surface area contributed by atoms with Crippen molar-refractivity contribution < 1.29 is 0 Å². The topological polar surface area (TPSA) is 6.48 Å². The Labute approximate surface area is 144 Å². The SMILES string of the molecule is C=Cc1ccc(CC)cc1.CC.CN1CCC(N2CCCC2)C1. The van der Waals surface area contributed by atoms with Crippen molar-refractivity contribution in [3.63, 3.8) is 0 Å². The van der Waals surface area contributed by atoms with Crippen molar-refractivity contribution in [2.45, 2.75) is 52.5 Å². The van der Waals surface area contributed by atoms with E-state index in [1.807, 2.05) is 19.9 Å². The van der Waals surface area contributed by atoms with Gasteiger partial charge in [0.2, 0.25) is 0 Å². The van der Waals surface area contributed by atoms with Crippen LogP contribution in [0.5, 0.6) is 0 Å². The van der Waals surface area contributed by atoms with Crippen LogP contribution in [0.1, 0.15) is 51.2 Å². The van der Waals surface area contributed by atoms with Crippen LogP contribution in [0.25, 0.3) is 6.08 Å². The van der Waals surface area contributed by atoms with Crippen molar-refractivity contribution in [1.82, 2.24) is 9.80 Å². The van der Waals surface area contributed by atoms with E-state index in [-0.39, 0.29) is 0 Å². The largest absolute Gasteiger partial charge is 0.305 e. The normalized spacial score (nSPS) is 21.1. The Bertz CT molecular complexity index is 418. The molecule has 0 spiro atoms. The molecule has 2 nitrogen and oxygen atoms in total. The second-order valence-corrected chi connectivity index (χ2v) is 6.25. The number of likely N-dealkylation sites (tertiary alicyclic amines) is 2. The highest BCUT2D eigenvalue weighted by atomic mass is 15.2. The Morgan fingerprint density at radius 3 is 2.13 bits per heavy atom. The predicted octanol–water partition coefficient (Wildman–Crippen LogP) is 4.70. The number of nitrogens with zero attached hydrogens (tertiary/aromatic N) is 2. The maximum atomic E-state index is 3.69. The van der Waals surface area contributed by atoms with Crippen LogP contribution >= 0.6 is 0 Å². The fraction of sp³-hybridized carbons (Fsp3) is 0.619. The molecule has 2 heterocycles. The van der Waals surface area contributed by atoms with Crippen LogP contribution in [0.2, 0.25) is 0 Å². The standard InChI is InChI=1S/C10H12.C9H18N2.C2H6/c1-3-9-5-7-10(4-2)8-6-9;1-10-7-4-9(8-10)11-5-2-3-6-11;1-2/h3,5-8H,1,4H2,2H3;9H,2-8H2,1H3;1-2H3. The highest BCUT2D eigenvalue weighted by Gasteiger charge is 2.26. The van der Waals surface area contributed by atoms with Gasteiger partial charge in [-0.1, -0.05) is 57.7 Å². The Hall–Kier alpha value is -1.12. The van der Waals surface area contributed by atoms with Gasteiger partial charge in [-0.25, -0.2) is 0 Å². The minimum atomic E-state index is 0.891. The van der Waals surface area contributed by atoms with Gasteiger partial charge in [0, 0.05) is 12.6 Å². The van der Waals surface area contributed by atoms with E-state index in [2.05, 4.69) is 54.6 Å². The zero-order chi connectivity index (χ0) is 17.1. The molecule has 2 saturated heterocycles. The summed E-state index contributed by atoms with van der Waals surface area (Å²) in [5, 5.41) is 0. The summed E-state index contributed by atoms with van der Waals surface area (Å²) >= 11 is 0. The molecule has 2 aliphatic heterocycles. The van der Waals surface area contributed by atoms with Crippen LogP contribution in [-0.2, 0) is 6.42 Å². The molecule has 0 radical (unpaired) electrons. The van der Waals surface area contributed by atoms with Crippen LogP contribution in [0.4, 0.5) is 0 Å². The Morgan fingerprint density at radius 1 is 1.09 bits per heavy atom. The third kappa shape index (κ3) is 6.88. The molecule has 0 N–H and O–H groups in total. The molecule has 1 atom stereocenters. The fourth-order valence-corrected chi connectivity index (χ4v) is 3.21. The molecule has 2 aliphatic rings. The quantitative estimate of drug-likeness (QED) is 0.797. The molecule has 130 valence electrons. The molecule has 1 aromatic carbocycles. The smallest absolute Gasteiger partial charge is 0.0235 e. The molecule has 0 bridgehead atoms. The molecule has 0 aliphatic carbocycles. The Kier molecular flexibility index (Phi) is 9.89. The summed E-state index contributed by atoms with van der Waals surface area (Å²) in [6.07, 6.45) is 7.23. The first kappa shape index (κ1) is 19.9. The van der Waals surface area contributed by atoms with Gasteiger partial charge in [-0.05, 0) is 63.5 Å². The van der Waals surface area contributed by atoms with Gasteiger partial charge in [-0.3, -0.25) is 4.90 Å². The van der Waals surface area contributed by atoms with Gasteiger partial charge in [0.1, 0.15) is 0 Å².